The molecule has 0 unspecified atom stereocenters. The van der Waals surface area contributed by atoms with Crippen LogP contribution in [0.15, 0.2) is 36.4 Å². The molecule has 0 bridgehead atoms. The van der Waals surface area contributed by atoms with Crippen molar-refractivity contribution in [2.75, 3.05) is 0 Å². The first-order valence-electron chi connectivity index (χ1n) is 10.2. The largest absolute Gasteiger partial charge is 0.429 e. The van der Waals surface area contributed by atoms with Crippen molar-refractivity contribution in [3.05, 3.63) is 65.2 Å². The Hall–Kier alpha value is -2.70. The zero-order valence-electron chi connectivity index (χ0n) is 17.0. The number of halogens is 6. The molecule has 0 aliphatic heterocycles. The molecule has 0 fully saturated rings. The molecule has 3 rings (SSSR count). The standard InChI is InChI=1S/C24H22F6O/c1-2-3-4-5-6-7-14-8-9-17(18(25)10-14)15-11-16-13-20(27)23(31-24(29)30)22(28)21(16)19(26)12-15/h8-13,24H,2-7H2,1H3. The summed E-state index contributed by atoms with van der Waals surface area (Å²) in [6.45, 7) is -1.34. The Bertz CT molecular complexity index is 1060. The van der Waals surface area contributed by atoms with Gasteiger partial charge in [-0.05, 0) is 53.6 Å². The minimum Gasteiger partial charge on any atom is -0.429 e. The number of aryl methyl sites for hydroxylation is 1. The Morgan fingerprint density at radius 3 is 2.23 bits per heavy atom. The Kier molecular flexibility index (Phi) is 7.46. The van der Waals surface area contributed by atoms with Crippen molar-refractivity contribution < 1.29 is 31.1 Å². The maximum atomic E-state index is 14.7. The van der Waals surface area contributed by atoms with Crippen LogP contribution in [0.5, 0.6) is 5.75 Å². The zero-order chi connectivity index (χ0) is 22.5. The number of fused-ring (bicyclic) bond motifs is 1. The summed E-state index contributed by atoms with van der Waals surface area (Å²) in [6.07, 6.45) is 6.14. The first-order chi connectivity index (χ1) is 14.8. The molecule has 3 aromatic rings. The van der Waals surface area contributed by atoms with E-state index in [2.05, 4.69) is 11.7 Å². The van der Waals surface area contributed by atoms with E-state index in [1.165, 1.54) is 18.2 Å². The molecule has 7 heteroatoms. The number of rotatable bonds is 9. The van der Waals surface area contributed by atoms with Crippen molar-refractivity contribution in [2.45, 2.75) is 52.1 Å². The summed E-state index contributed by atoms with van der Waals surface area (Å²) >= 11 is 0. The molecule has 0 N–H and O–H groups in total. The third-order valence-corrected chi connectivity index (χ3v) is 5.16. The highest BCUT2D eigenvalue weighted by atomic mass is 19.3. The van der Waals surface area contributed by atoms with Gasteiger partial charge in [-0.15, -0.1) is 0 Å². The van der Waals surface area contributed by atoms with Gasteiger partial charge in [0, 0.05) is 5.56 Å². The Morgan fingerprint density at radius 2 is 1.55 bits per heavy atom. The maximum Gasteiger partial charge on any atom is 0.387 e. The molecule has 0 saturated heterocycles. The van der Waals surface area contributed by atoms with E-state index in [4.69, 9.17) is 0 Å². The minimum absolute atomic E-state index is 0.0734. The Labute approximate surface area is 176 Å². The predicted octanol–water partition coefficient (Wildman–Crippen LogP) is 8.18. The molecular weight excluding hydrogens is 418 g/mol. The second kappa shape index (κ2) is 10.1. The molecule has 0 atom stereocenters. The summed E-state index contributed by atoms with van der Waals surface area (Å²) in [5.41, 5.74) is 0.965. The molecule has 0 aromatic heterocycles. The van der Waals surface area contributed by atoms with Crippen molar-refractivity contribution in [3.63, 3.8) is 0 Å². The fourth-order valence-electron chi connectivity index (χ4n) is 3.63. The maximum absolute atomic E-state index is 14.7. The Balaban J connectivity index is 1.91. The van der Waals surface area contributed by atoms with Crippen LogP contribution >= 0.6 is 0 Å². The molecule has 0 radical (unpaired) electrons. The summed E-state index contributed by atoms with van der Waals surface area (Å²) in [7, 11) is 0. The zero-order valence-corrected chi connectivity index (χ0v) is 17.0. The van der Waals surface area contributed by atoms with Crippen LogP contribution in [0.4, 0.5) is 26.3 Å². The SMILES string of the molecule is CCCCCCCc1ccc(-c2cc(F)c3c(F)c(OC(F)F)c(F)cc3c2)c(F)c1. The van der Waals surface area contributed by atoms with Crippen LogP contribution in [-0.4, -0.2) is 6.61 Å². The van der Waals surface area contributed by atoms with Crippen molar-refractivity contribution >= 4 is 10.8 Å². The lowest BCUT2D eigenvalue weighted by atomic mass is 9.97. The molecule has 0 aliphatic rings. The number of hydrogen-bond acceptors (Lipinski definition) is 1. The lowest BCUT2D eigenvalue weighted by Gasteiger charge is -2.12. The van der Waals surface area contributed by atoms with Crippen LogP contribution in [0.1, 0.15) is 44.6 Å². The van der Waals surface area contributed by atoms with E-state index >= 15 is 0 Å². The number of alkyl halides is 2. The number of unbranched alkanes of at least 4 members (excludes halogenated alkanes) is 4. The smallest absolute Gasteiger partial charge is 0.387 e. The van der Waals surface area contributed by atoms with Gasteiger partial charge in [-0.3, -0.25) is 0 Å². The second-order valence-corrected chi connectivity index (χ2v) is 7.41. The predicted molar refractivity (Wildman–Crippen MR) is 108 cm³/mol. The van der Waals surface area contributed by atoms with Gasteiger partial charge in [-0.25, -0.2) is 17.6 Å². The van der Waals surface area contributed by atoms with Gasteiger partial charge in [0.25, 0.3) is 0 Å². The topological polar surface area (TPSA) is 9.23 Å². The first kappa shape index (κ1) is 23.0. The van der Waals surface area contributed by atoms with E-state index in [0.717, 1.165) is 50.2 Å². The van der Waals surface area contributed by atoms with Gasteiger partial charge in [0.2, 0.25) is 0 Å². The lowest BCUT2D eigenvalue weighted by Crippen LogP contribution is -2.06. The average molecular weight is 440 g/mol. The molecule has 0 aliphatic carbocycles. The van der Waals surface area contributed by atoms with Crippen LogP contribution in [0.2, 0.25) is 0 Å². The highest BCUT2D eigenvalue weighted by Crippen LogP contribution is 2.36. The van der Waals surface area contributed by atoms with Gasteiger partial charge in [0.1, 0.15) is 11.6 Å². The number of ether oxygens (including phenoxy) is 1. The molecule has 0 heterocycles. The highest BCUT2D eigenvalue weighted by molar-refractivity contribution is 5.90. The van der Waals surface area contributed by atoms with Gasteiger partial charge in [-0.2, -0.15) is 8.78 Å². The van der Waals surface area contributed by atoms with Gasteiger partial charge >= 0.3 is 6.61 Å². The van der Waals surface area contributed by atoms with Crippen LogP contribution in [0, 0.1) is 23.3 Å². The van der Waals surface area contributed by atoms with Gasteiger partial charge in [0.05, 0.1) is 5.39 Å². The fraction of sp³-hybridized carbons (Fsp3) is 0.333. The van der Waals surface area contributed by atoms with Crippen molar-refractivity contribution in [2.24, 2.45) is 0 Å². The summed E-state index contributed by atoms with van der Waals surface area (Å²) in [6, 6.07) is 7.39. The molecule has 0 saturated carbocycles. The minimum atomic E-state index is -3.47. The van der Waals surface area contributed by atoms with E-state index in [9.17, 15) is 26.3 Å². The molecule has 0 spiro atoms. The third-order valence-electron chi connectivity index (χ3n) is 5.16. The molecule has 166 valence electrons. The third kappa shape index (κ3) is 5.32. The summed E-state index contributed by atoms with van der Waals surface area (Å²) in [5, 5.41) is -0.934. The number of hydrogen-bond donors (Lipinski definition) is 0. The fourth-order valence-corrected chi connectivity index (χ4v) is 3.63. The lowest BCUT2D eigenvalue weighted by molar-refractivity contribution is -0.0544. The summed E-state index contributed by atoms with van der Waals surface area (Å²) < 4.78 is 86.3. The van der Waals surface area contributed by atoms with Crippen LogP contribution < -0.4 is 4.74 Å². The van der Waals surface area contributed by atoms with E-state index in [1.54, 1.807) is 6.07 Å². The van der Waals surface area contributed by atoms with Crippen molar-refractivity contribution in [3.8, 4) is 16.9 Å². The average Bonchev–Trinajstić information content (AvgIpc) is 2.70. The highest BCUT2D eigenvalue weighted by Gasteiger charge is 2.22. The van der Waals surface area contributed by atoms with Gasteiger partial charge < -0.3 is 4.74 Å². The Morgan fingerprint density at radius 1 is 0.806 bits per heavy atom. The molecule has 1 nitrogen and oxygen atoms in total. The van der Waals surface area contributed by atoms with E-state index in [-0.39, 0.29) is 16.5 Å². The van der Waals surface area contributed by atoms with E-state index in [0.29, 0.717) is 6.07 Å². The van der Waals surface area contributed by atoms with Crippen LogP contribution in [-0.2, 0) is 6.42 Å². The summed E-state index contributed by atoms with van der Waals surface area (Å²) in [4.78, 5) is 0. The first-order valence-corrected chi connectivity index (χ1v) is 10.2. The molecular formula is C24H22F6O. The van der Waals surface area contributed by atoms with Crippen LogP contribution in [0.25, 0.3) is 21.9 Å². The second-order valence-electron chi connectivity index (χ2n) is 7.41. The van der Waals surface area contributed by atoms with E-state index in [1.807, 2.05) is 0 Å². The quantitative estimate of drug-likeness (QED) is 0.241. The molecule has 0 amide bonds. The molecule has 3 aromatic carbocycles. The monoisotopic (exact) mass is 440 g/mol. The normalized spacial score (nSPS) is 11.5. The van der Waals surface area contributed by atoms with Gasteiger partial charge in [0.15, 0.2) is 17.4 Å². The van der Waals surface area contributed by atoms with Gasteiger partial charge in [-0.1, -0.05) is 44.7 Å². The van der Waals surface area contributed by atoms with Crippen molar-refractivity contribution in [1.29, 1.82) is 0 Å². The number of benzene rings is 3. The van der Waals surface area contributed by atoms with Crippen LogP contribution in [0.3, 0.4) is 0 Å². The van der Waals surface area contributed by atoms with Crippen molar-refractivity contribution in [1.82, 2.24) is 0 Å². The summed E-state index contributed by atoms with van der Waals surface area (Å²) in [5.74, 6) is -6.05. The molecule has 31 heavy (non-hydrogen) atoms. The van der Waals surface area contributed by atoms with E-state index < -0.39 is 41.0 Å².